The van der Waals surface area contributed by atoms with Gasteiger partial charge in [0.05, 0.1) is 16.8 Å². The van der Waals surface area contributed by atoms with Crippen LogP contribution in [0.5, 0.6) is 11.5 Å². The van der Waals surface area contributed by atoms with Crippen LogP contribution in [0.15, 0.2) is 42.5 Å². The van der Waals surface area contributed by atoms with Crippen molar-refractivity contribution in [3.63, 3.8) is 0 Å². The van der Waals surface area contributed by atoms with E-state index in [1.165, 1.54) is 0 Å². The maximum atomic E-state index is 10.4. The molecule has 0 amide bonds. The Hall–Kier alpha value is -1.88. The maximum Gasteiger partial charge on any atom is 0.128 e. The Kier molecular flexibility index (Phi) is 5.01. The van der Waals surface area contributed by atoms with Gasteiger partial charge in [0.2, 0.25) is 0 Å². The molecule has 4 heteroatoms. The number of hydrogen-bond acceptors (Lipinski definition) is 4. The highest BCUT2D eigenvalue weighted by Gasteiger charge is 2.23. The van der Waals surface area contributed by atoms with E-state index in [0.29, 0.717) is 22.6 Å². The average Bonchev–Trinajstić information content (AvgIpc) is 2.44. The molecule has 0 aromatic heterocycles. The molecule has 0 saturated heterocycles. The van der Waals surface area contributed by atoms with Gasteiger partial charge in [0.25, 0.3) is 0 Å². The third-order valence-electron chi connectivity index (χ3n) is 4.10. The van der Waals surface area contributed by atoms with Gasteiger partial charge < -0.3 is 20.1 Å². The molecule has 0 saturated carbocycles. The van der Waals surface area contributed by atoms with Crippen molar-refractivity contribution < 1.29 is 20.1 Å². The second-order valence-electron chi connectivity index (χ2n) is 8.05. The van der Waals surface area contributed by atoms with Gasteiger partial charge in [-0.15, -0.1) is 0 Å². The SMILES string of the molecule is CC(C)(O)c1cccc(Oc2cc(C(C)(C)O)cc(C(C)(C)O)c2)c1. The van der Waals surface area contributed by atoms with Crippen LogP contribution in [0, 0.1) is 0 Å². The first kappa shape index (κ1) is 19.4. The summed E-state index contributed by atoms with van der Waals surface area (Å²) < 4.78 is 5.95. The molecule has 0 atom stereocenters. The molecule has 4 nitrogen and oxygen atoms in total. The van der Waals surface area contributed by atoms with Gasteiger partial charge in [0, 0.05) is 0 Å². The van der Waals surface area contributed by atoms with Crippen molar-refractivity contribution in [1.82, 2.24) is 0 Å². The summed E-state index contributed by atoms with van der Waals surface area (Å²) in [6, 6.07) is 12.5. The molecule has 2 aromatic rings. The summed E-state index contributed by atoms with van der Waals surface area (Å²) in [5.41, 5.74) is -1.04. The largest absolute Gasteiger partial charge is 0.457 e. The Morgan fingerprint density at radius 1 is 0.600 bits per heavy atom. The van der Waals surface area contributed by atoms with E-state index in [1.54, 1.807) is 71.9 Å². The highest BCUT2D eigenvalue weighted by Crippen LogP contribution is 2.34. The van der Waals surface area contributed by atoms with E-state index in [0.717, 1.165) is 5.56 Å². The normalized spacial score (nSPS) is 13.0. The van der Waals surface area contributed by atoms with Gasteiger partial charge in [0.1, 0.15) is 11.5 Å². The molecule has 0 fully saturated rings. The molecule has 25 heavy (non-hydrogen) atoms. The van der Waals surface area contributed by atoms with Crippen LogP contribution < -0.4 is 4.74 Å². The maximum absolute atomic E-state index is 10.4. The van der Waals surface area contributed by atoms with Crippen LogP contribution >= 0.6 is 0 Å². The minimum Gasteiger partial charge on any atom is -0.457 e. The Labute approximate surface area is 149 Å². The van der Waals surface area contributed by atoms with Gasteiger partial charge in [-0.1, -0.05) is 12.1 Å². The second kappa shape index (κ2) is 6.45. The first-order valence-electron chi connectivity index (χ1n) is 8.38. The molecule has 3 N–H and O–H groups in total. The number of ether oxygens (including phenoxy) is 1. The van der Waals surface area contributed by atoms with Crippen LogP contribution in [-0.2, 0) is 16.8 Å². The fourth-order valence-corrected chi connectivity index (χ4v) is 2.44. The predicted octanol–water partition coefficient (Wildman–Crippen LogP) is 4.16. The van der Waals surface area contributed by atoms with E-state index in [9.17, 15) is 15.3 Å². The molecule has 0 heterocycles. The van der Waals surface area contributed by atoms with Crippen molar-refractivity contribution in [2.75, 3.05) is 0 Å². The van der Waals surface area contributed by atoms with E-state index in [2.05, 4.69) is 0 Å². The van der Waals surface area contributed by atoms with Crippen LogP contribution in [0.25, 0.3) is 0 Å². The van der Waals surface area contributed by atoms with Crippen LogP contribution in [0.4, 0.5) is 0 Å². The monoisotopic (exact) mass is 344 g/mol. The molecular weight excluding hydrogens is 316 g/mol. The molecule has 0 aliphatic heterocycles. The lowest BCUT2D eigenvalue weighted by Crippen LogP contribution is -2.20. The lowest BCUT2D eigenvalue weighted by Gasteiger charge is -2.25. The van der Waals surface area contributed by atoms with Gasteiger partial charge in [-0.3, -0.25) is 0 Å². The van der Waals surface area contributed by atoms with Gasteiger partial charge >= 0.3 is 0 Å². The van der Waals surface area contributed by atoms with E-state index < -0.39 is 16.8 Å². The summed E-state index contributed by atoms with van der Waals surface area (Å²) in [4.78, 5) is 0. The molecule has 0 bridgehead atoms. The van der Waals surface area contributed by atoms with Crippen LogP contribution in [0.1, 0.15) is 58.2 Å². The molecule has 0 aliphatic carbocycles. The Morgan fingerprint density at radius 2 is 1.04 bits per heavy atom. The predicted molar refractivity (Wildman–Crippen MR) is 98.7 cm³/mol. The van der Waals surface area contributed by atoms with Gasteiger partial charge in [0.15, 0.2) is 0 Å². The summed E-state index contributed by atoms with van der Waals surface area (Å²) in [5, 5.41) is 30.9. The number of aliphatic hydroxyl groups is 3. The molecule has 0 radical (unpaired) electrons. The fraction of sp³-hybridized carbons (Fsp3) is 0.429. The van der Waals surface area contributed by atoms with Crippen LogP contribution in [0.2, 0.25) is 0 Å². The zero-order valence-corrected chi connectivity index (χ0v) is 15.8. The summed E-state index contributed by atoms with van der Waals surface area (Å²) in [5.74, 6) is 1.10. The third-order valence-corrected chi connectivity index (χ3v) is 4.10. The third kappa shape index (κ3) is 5.05. The molecule has 136 valence electrons. The zero-order chi connectivity index (χ0) is 19.0. The van der Waals surface area contributed by atoms with Crippen molar-refractivity contribution in [3.8, 4) is 11.5 Å². The molecule has 0 aliphatic rings. The fourth-order valence-electron chi connectivity index (χ4n) is 2.44. The number of benzene rings is 2. The Balaban J connectivity index is 2.46. The van der Waals surface area contributed by atoms with Crippen molar-refractivity contribution in [1.29, 1.82) is 0 Å². The van der Waals surface area contributed by atoms with Crippen molar-refractivity contribution in [2.24, 2.45) is 0 Å². The molecular formula is C21H28O4. The average molecular weight is 344 g/mol. The molecule has 0 spiro atoms. The lowest BCUT2D eigenvalue weighted by atomic mass is 9.90. The van der Waals surface area contributed by atoms with Gasteiger partial charge in [-0.05, 0) is 88.6 Å². The van der Waals surface area contributed by atoms with Gasteiger partial charge in [-0.2, -0.15) is 0 Å². The molecule has 2 aromatic carbocycles. The Morgan fingerprint density at radius 3 is 1.48 bits per heavy atom. The second-order valence-corrected chi connectivity index (χ2v) is 8.05. The quantitative estimate of drug-likeness (QED) is 0.762. The van der Waals surface area contributed by atoms with Crippen LogP contribution in [-0.4, -0.2) is 15.3 Å². The number of rotatable bonds is 5. The van der Waals surface area contributed by atoms with Gasteiger partial charge in [-0.25, -0.2) is 0 Å². The van der Waals surface area contributed by atoms with E-state index in [4.69, 9.17) is 4.74 Å². The number of hydrogen-bond donors (Lipinski definition) is 3. The minimum atomic E-state index is -1.06. The summed E-state index contributed by atoms with van der Waals surface area (Å²) in [6.45, 7) is 10.2. The topological polar surface area (TPSA) is 69.9 Å². The first-order chi connectivity index (χ1) is 11.3. The van der Waals surface area contributed by atoms with E-state index >= 15 is 0 Å². The van der Waals surface area contributed by atoms with E-state index in [1.807, 2.05) is 12.1 Å². The standard InChI is InChI=1S/C21H28O4/c1-19(2,22)14-8-7-9-17(11-14)25-18-12-15(20(3,4)23)10-16(13-18)21(5,6)24/h7-13,22-24H,1-6H3. The first-order valence-corrected chi connectivity index (χ1v) is 8.38. The summed E-state index contributed by atoms with van der Waals surface area (Å²) >= 11 is 0. The van der Waals surface area contributed by atoms with Crippen molar-refractivity contribution in [3.05, 3.63) is 59.2 Å². The smallest absolute Gasteiger partial charge is 0.128 e. The summed E-state index contributed by atoms with van der Waals surface area (Å²) in [7, 11) is 0. The Bertz CT molecular complexity index is 711. The molecule has 2 rings (SSSR count). The van der Waals surface area contributed by atoms with Crippen molar-refractivity contribution >= 4 is 0 Å². The van der Waals surface area contributed by atoms with Crippen LogP contribution in [0.3, 0.4) is 0 Å². The van der Waals surface area contributed by atoms with Crippen molar-refractivity contribution in [2.45, 2.75) is 58.3 Å². The highest BCUT2D eigenvalue weighted by atomic mass is 16.5. The molecule has 0 unspecified atom stereocenters. The lowest BCUT2D eigenvalue weighted by molar-refractivity contribution is 0.0713. The van der Waals surface area contributed by atoms with E-state index in [-0.39, 0.29) is 0 Å². The highest BCUT2D eigenvalue weighted by molar-refractivity contribution is 5.42. The zero-order valence-electron chi connectivity index (χ0n) is 15.8. The summed E-state index contributed by atoms with van der Waals surface area (Å²) in [6.07, 6.45) is 0. The minimum absolute atomic E-state index is 0.518.